The van der Waals surface area contributed by atoms with Gasteiger partial charge in [0, 0.05) is 12.5 Å². The number of methoxy groups -OCH3 is 2. The molecule has 0 aliphatic carbocycles. The van der Waals surface area contributed by atoms with Gasteiger partial charge in [0.05, 0.1) is 26.7 Å². The molecule has 33 heavy (non-hydrogen) atoms. The second-order valence-electron chi connectivity index (χ2n) is 7.07. The van der Waals surface area contributed by atoms with Crippen LogP contribution in [0.2, 0.25) is 0 Å². The van der Waals surface area contributed by atoms with Gasteiger partial charge in [0.25, 0.3) is 0 Å². The van der Waals surface area contributed by atoms with Crippen molar-refractivity contribution in [2.24, 2.45) is 11.8 Å². The molecule has 0 bridgehead atoms. The first-order valence-corrected chi connectivity index (χ1v) is 9.91. The zero-order chi connectivity index (χ0) is 25.0. The normalized spacial score (nSPS) is 13.2. The molecule has 0 radical (unpaired) electrons. The van der Waals surface area contributed by atoms with Crippen LogP contribution in [0, 0.1) is 11.8 Å². The number of aliphatic carboxylic acids is 1. The number of rotatable bonds is 12. The van der Waals surface area contributed by atoms with Crippen molar-refractivity contribution in [1.29, 1.82) is 0 Å². The second kappa shape index (κ2) is 13.7. The van der Waals surface area contributed by atoms with Crippen LogP contribution in [0.4, 0.5) is 4.79 Å². The molecule has 0 spiro atoms. The van der Waals surface area contributed by atoms with Crippen LogP contribution in [0.15, 0.2) is 30.3 Å². The summed E-state index contributed by atoms with van der Waals surface area (Å²) in [7, 11) is 2.04. The van der Waals surface area contributed by atoms with E-state index in [1.54, 1.807) is 24.3 Å². The third kappa shape index (κ3) is 9.15. The van der Waals surface area contributed by atoms with Crippen molar-refractivity contribution in [3.05, 3.63) is 35.9 Å². The second-order valence-corrected chi connectivity index (χ2v) is 7.07. The van der Waals surface area contributed by atoms with Crippen LogP contribution in [-0.4, -0.2) is 73.0 Å². The topological polar surface area (TPSA) is 178 Å². The number of carbonyl (C=O) groups excluding carboxylic acids is 4. The molecule has 12 heteroatoms. The Morgan fingerprint density at radius 3 is 2.09 bits per heavy atom. The number of aliphatic hydroxyl groups excluding tert-OH is 1. The van der Waals surface area contributed by atoms with Crippen LogP contribution in [0.5, 0.6) is 0 Å². The van der Waals surface area contributed by atoms with Gasteiger partial charge in [-0.1, -0.05) is 37.3 Å². The van der Waals surface area contributed by atoms with Crippen LogP contribution in [0.25, 0.3) is 0 Å². The van der Waals surface area contributed by atoms with Gasteiger partial charge in [-0.25, -0.2) is 9.59 Å². The van der Waals surface area contributed by atoms with Crippen LogP contribution in [-0.2, 0) is 40.0 Å². The maximum atomic E-state index is 12.2. The number of esters is 2. The van der Waals surface area contributed by atoms with Crippen molar-refractivity contribution in [1.82, 2.24) is 10.6 Å². The number of benzene rings is 1. The minimum absolute atomic E-state index is 0.0169. The first kappa shape index (κ1) is 27.4. The third-order valence-electron chi connectivity index (χ3n) is 4.66. The molecule has 1 aromatic rings. The number of carboxylic acid groups (broad SMARTS) is 1. The van der Waals surface area contributed by atoms with Gasteiger partial charge >= 0.3 is 24.0 Å². The lowest BCUT2D eigenvalue weighted by Gasteiger charge is -2.26. The van der Waals surface area contributed by atoms with E-state index in [9.17, 15) is 34.2 Å². The van der Waals surface area contributed by atoms with Crippen molar-refractivity contribution in [2.75, 3.05) is 20.8 Å². The van der Waals surface area contributed by atoms with Gasteiger partial charge in [0.1, 0.15) is 12.6 Å². The molecule has 0 unspecified atom stereocenters. The highest BCUT2D eigenvalue weighted by atomic mass is 16.6. The molecule has 1 rings (SSSR count). The average molecular weight is 468 g/mol. The Kier molecular flexibility index (Phi) is 11.3. The van der Waals surface area contributed by atoms with Gasteiger partial charge in [0.15, 0.2) is 5.92 Å². The van der Waals surface area contributed by atoms with Crippen molar-refractivity contribution in [3.8, 4) is 0 Å². The molecule has 4 N–H and O–H groups in total. The molecule has 0 heterocycles. The average Bonchev–Trinajstić information content (AvgIpc) is 2.79. The molecule has 0 aliphatic rings. The number of carboxylic acids is 1. The number of hydrogen-bond donors (Lipinski definition) is 4. The minimum atomic E-state index is -1.66. The number of amides is 2. The summed E-state index contributed by atoms with van der Waals surface area (Å²) in [6.45, 7) is 0.947. The van der Waals surface area contributed by atoms with Gasteiger partial charge < -0.3 is 35.1 Å². The molecular formula is C21H28N2O10. The lowest BCUT2D eigenvalue weighted by Crippen LogP contribution is -2.51. The fraction of sp³-hybridized carbons (Fsp3) is 0.476. The van der Waals surface area contributed by atoms with Crippen molar-refractivity contribution in [3.63, 3.8) is 0 Å². The third-order valence-corrected chi connectivity index (χ3v) is 4.66. The largest absolute Gasteiger partial charge is 0.480 e. The van der Waals surface area contributed by atoms with Gasteiger partial charge in [-0.2, -0.15) is 0 Å². The highest BCUT2D eigenvalue weighted by molar-refractivity contribution is 5.96. The highest BCUT2D eigenvalue weighted by Crippen LogP contribution is 2.20. The summed E-state index contributed by atoms with van der Waals surface area (Å²) < 4.78 is 14.0. The Balaban J connectivity index is 2.59. The van der Waals surface area contributed by atoms with Gasteiger partial charge in [-0.3, -0.25) is 14.4 Å². The standard InChI is InChI=1S/C21H28N2O10/c1-12(16(19(28)31-2)20(29)32-3)17(18(26)27)23-15(25)9-14(24)10-22-21(30)33-11-13-7-5-4-6-8-13/h4-8,12,14,16-17,24H,9-11H2,1-3H3,(H,22,30)(H,23,25)(H,26,27)/t12-,14+,17-/m0/s1. The van der Waals surface area contributed by atoms with E-state index in [1.807, 2.05) is 6.07 Å². The summed E-state index contributed by atoms with van der Waals surface area (Å²) in [6, 6.07) is 7.24. The van der Waals surface area contributed by atoms with Crippen LogP contribution >= 0.6 is 0 Å². The predicted octanol–water partition coefficient (Wildman–Crippen LogP) is -0.168. The molecule has 3 atom stereocenters. The van der Waals surface area contributed by atoms with E-state index in [0.717, 1.165) is 19.8 Å². The molecule has 0 aliphatic heterocycles. The molecule has 2 amide bonds. The molecule has 1 aromatic carbocycles. The molecule has 0 aromatic heterocycles. The van der Waals surface area contributed by atoms with Crippen LogP contribution in [0.1, 0.15) is 18.9 Å². The van der Waals surface area contributed by atoms with E-state index >= 15 is 0 Å². The summed E-state index contributed by atoms with van der Waals surface area (Å²) in [5, 5.41) is 23.9. The summed E-state index contributed by atoms with van der Waals surface area (Å²) in [5.41, 5.74) is 0.763. The first-order chi connectivity index (χ1) is 15.6. The monoisotopic (exact) mass is 468 g/mol. The van der Waals surface area contributed by atoms with E-state index in [4.69, 9.17) is 4.74 Å². The number of alkyl carbamates (subject to hydrolysis) is 1. The first-order valence-electron chi connectivity index (χ1n) is 9.91. The Hall–Kier alpha value is -3.67. The van der Waals surface area contributed by atoms with E-state index in [0.29, 0.717) is 0 Å². The molecule has 0 fully saturated rings. The Labute approximate surface area is 190 Å². The van der Waals surface area contributed by atoms with Crippen molar-refractivity contribution < 1.29 is 48.4 Å². The molecule has 0 saturated heterocycles. The quantitative estimate of drug-likeness (QED) is 0.183. The highest BCUT2D eigenvalue weighted by Gasteiger charge is 2.42. The van der Waals surface area contributed by atoms with E-state index in [1.165, 1.54) is 6.92 Å². The zero-order valence-electron chi connectivity index (χ0n) is 18.5. The predicted molar refractivity (Wildman–Crippen MR) is 112 cm³/mol. The molecule has 12 nitrogen and oxygen atoms in total. The van der Waals surface area contributed by atoms with Crippen LogP contribution in [0.3, 0.4) is 0 Å². The maximum absolute atomic E-state index is 12.2. The number of ether oxygens (including phenoxy) is 3. The van der Waals surface area contributed by atoms with E-state index in [2.05, 4.69) is 20.1 Å². The Bertz CT molecular complexity index is 814. The lowest BCUT2D eigenvalue weighted by molar-refractivity contribution is -0.163. The fourth-order valence-electron chi connectivity index (χ4n) is 2.88. The Morgan fingerprint density at radius 1 is 1.00 bits per heavy atom. The fourth-order valence-corrected chi connectivity index (χ4v) is 2.88. The summed E-state index contributed by atoms with van der Waals surface area (Å²) in [4.78, 5) is 59.4. The number of hydrogen-bond acceptors (Lipinski definition) is 9. The van der Waals surface area contributed by atoms with Gasteiger partial charge in [0.2, 0.25) is 5.91 Å². The summed E-state index contributed by atoms with van der Waals surface area (Å²) >= 11 is 0. The number of aliphatic hydroxyl groups is 1. The lowest BCUT2D eigenvalue weighted by atomic mass is 9.87. The van der Waals surface area contributed by atoms with Gasteiger partial charge in [-0.15, -0.1) is 0 Å². The van der Waals surface area contributed by atoms with Crippen LogP contribution < -0.4 is 10.6 Å². The summed E-state index contributed by atoms with van der Waals surface area (Å²) in [5.74, 6) is -7.25. The zero-order valence-corrected chi connectivity index (χ0v) is 18.5. The van der Waals surface area contributed by atoms with Gasteiger partial charge in [-0.05, 0) is 5.56 Å². The number of carbonyl (C=O) groups is 5. The minimum Gasteiger partial charge on any atom is -0.480 e. The number of nitrogens with one attached hydrogen (secondary N) is 2. The Morgan fingerprint density at radius 2 is 1.58 bits per heavy atom. The maximum Gasteiger partial charge on any atom is 0.407 e. The SMILES string of the molecule is COC(=O)C(C(=O)OC)[C@H](C)[C@H](NC(=O)C[C@@H](O)CNC(=O)OCc1ccccc1)C(=O)O. The van der Waals surface area contributed by atoms with Crippen molar-refractivity contribution in [2.45, 2.75) is 32.1 Å². The van der Waals surface area contributed by atoms with E-state index in [-0.39, 0.29) is 13.2 Å². The molecule has 0 saturated carbocycles. The van der Waals surface area contributed by atoms with Crippen molar-refractivity contribution >= 4 is 29.9 Å². The smallest absolute Gasteiger partial charge is 0.407 e. The van der Waals surface area contributed by atoms with E-state index < -0.39 is 60.3 Å². The molecule has 182 valence electrons. The molecular weight excluding hydrogens is 440 g/mol. The summed E-state index contributed by atoms with van der Waals surface area (Å²) in [6.07, 6.45) is -2.72.